The van der Waals surface area contributed by atoms with E-state index in [4.69, 9.17) is 0 Å². The Balaban J connectivity index is 2.96. The van der Waals surface area contributed by atoms with Crippen LogP contribution in [0, 0.1) is 6.92 Å². The van der Waals surface area contributed by atoms with Crippen molar-refractivity contribution >= 4 is 11.5 Å². The second-order valence-electron chi connectivity index (χ2n) is 3.01. The molecule has 2 nitrogen and oxygen atoms in total. The highest BCUT2D eigenvalue weighted by Gasteiger charge is 1.93. The average molecular weight is 175 g/mol. The van der Waals surface area contributed by atoms with Gasteiger partial charge in [0.1, 0.15) is 0 Å². The molecule has 0 bridgehead atoms. The van der Waals surface area contributed by atoms with Crippen LogP contribution in [0.5, 0.6) is 0 Å². The molecule has 0 atom stereocenters. The molecule has 0 N–H and O–H groups in total. The van der Waals surface area contributed by atoms with Crippen LogP contribution in [0.4, 0.5) is 0 Å². The molecule has 0 aliphatic heterocycles. The van der Waals surface area contributed by atoms with Gasteiger partial charge in [0.15, 0.2) is 0 Å². The van der Waals surface area contributed by atoms with E-state index in [0.717, 1.165) is 17.2 Å². The zero-order chi connectivity index (χ0) is 9.84. The molecule has 68 valence electrons. The summed E-state index contributed by atoms with van der Waals surface area (Å²) in [4.78, 5) is 10.3. The molecule has 0 saturated carbocycles. The van der Waals surface area contributed by atoms with Crippen LogP contribution in [0.15, 0.2) is 30.3 Å². The molecule has 0 aromatic heterocycles. The van der Waals surface area contributed by atoms with Crippen LogP contribution < -0.4 is 5.11 Å². The monoisotopic (exact) mass is 175 g/mol. The minimum Gasteiger partial charge on any atom is -0.545 e. The molecule has 0 aliphatic carbocycles. The number of carboxylic acid groups (broad SMARTS) is 1. The zero-order valence-electron chi connectivity index (χ0n) is 7.70. The van der Waals surface area contributed by atoms with Gasteiger partial charge < -0.3 is 9.90 Å². The van der Waals surface area contributed by atoms with Crippen molar-refractivity contribution in [3.8, 4) is 0 Å². The lowest BCUT2D eigenvalue weighted by atomic mass is 10.1. The standard InChI is InChI=1S/C11H12O2/c1-8-3-5-10(6-4-8)9(2)7-11(12)13/h3-7H,1-2H3,(H,12,13)/p-1/b9-7+. The van der Waals surface area contributed by atoms with Gasteiger partial charge >= 0.3 is 0 Å². The van der Waals surface area contributed by atoms with Crippen LogP contribution in [0.2, 0.25) is 0 Å². The highest BCUT2D eigenvalue weighted by Crippen LogP contribution is 2.13. The maximum Gasteiger partial charge on any atom is 0.0645 e. The number of benzene rings is 1. The van der Waals surface area contributed by atoms with E-state index < -0.39 is 5.97 Å². The van der Waals surface area contributed by atoms with Crippen molar-refractivity contribution in [3.63, 3.8) is 0 Å². The van der Waals surface area contributed by atoms with Crippen molar-refractivity contribution < 1.29 is 9.90 Å². The van der Waals surface area contributed by atoms with Crippen molar-refractivity contribution in [2.45, 2.75) is 13.8 Å². The maximum atomic E-state index is 10.3. The number of carboxylic acids is 1. The first-order valence-corrected chi connectivity index (χ1v) is 4.06. The molecule has 0 heterocycles. The summed E-state index contributed by atoms with van der Waals surface area (Å²) in [5, 5.41) is 10.3. The number of rotatable bonds is 2. The summed E-state index contributed by atoms with van der Waals surface area (Å²) in [5.41, 5.74) is 2.78. The first kappa shape index (κ1) is 9.52. The summed E-state index contributed by atoms with van der Waals surface area (Å²) in [6.07, 6.45) is 1.10. The van der Waals surface area contributed by atoms with E-state index in [2.05, 4.69) is 0 Å². The van der Waals surface area contributed by atoms with E-state index in [1.807, 2.05) is 31.2 Å². The lowest BCUT2D eigenvalue weighted by Gasteiger charge is -2.02. The minimum absolute atomic E-state index is 0.708. The largest absolute Gasteiger partial charge is 0.545 e. The van der Waals surface area contributed by atoms with Gasteiger partial charge in [0.2, 0.25) is 0 Å². The number of carbonyl (C=O) groups excluding carboxylic acids is 1. The zero-order valence-corrected chi connectivity index (χ0v) is 7.70. The van der Waals surface area contributed by atoms with Gasteiger partial charge in [0, 0.05) is 0 Å². The minimum atomic E-state index is -1.15. The van der Waals surface area contributed by atoms with Crippen LogP contribution in [0.3, 0.4) is 0 Å². The number of aryl methyl sites for hydroxylation is 1. The third-order valence-corrected chi connectivity index (χ3v) is 1.84. The Morgan fingerprint density at radius 3 is 2.31 bits per heavy atom. The van der Waals surface area contributed by atoms with Crippen LogP contribution in [0.1, 0.15) is 18.1 Å². The Morgan fingerprint density at radius 1 is 1.31 bits per heavy atom. The smallest absolute Gasteiger partial charge is 0.0645 e. The molecule has 13 heavy (non-hydrogen) atoms. The summed E-state index contributed by atoms with van der Waals surface area (Å²) >= 11 is 0. The highest BCUT2D eigenvalue weighted by molar-refractivity contribution is 5.88. The molecule has 0 saturated heterocycles. The van der Waals surface area contributed by atoms with E-state index in [1.54, 1.807) is 6.92 Å². The van der Waals surface area contributed by atoms with Gasteiger partial charge in [-0.3, -0.25) is 0 Å². The van der Waals surface area contributed by atoms with Gasteiger partial charge in [0.25, 0.3) is 0 Å². The fourth-order valence-corrected chi connectivity index (χ4v) is 1.08. The van der Waals surface area contributed by atoms with Crippen molar-refractivity contribution in [1.29, 1.82) is 0 Å². The third-order valence-electron chi connectivity index (χ3n) is 1.84. The van der Waals surface area contributed by atoms with Crippen molar-refractivity contribution in [1.82, 2.24) is 0 Å². The Hall–Kier alpha value is -1.57. The first-order chi connectivity index (χ1) is 6.09. The lowest BCUT2D eigenvalue weighted by molar-refractivity contribution is -0.297. The van der Waals surface area contributed by atoms with Crippen LogP contribution in [0.25, 0.3) is 5.57 Å². The fraction of sp³-hybridized carbons (Fsp3) is 0.182. The Labute approximate surface area is 77.5 Å². The van der Waals surface area contributed by atoms with Crippen LogP contribution in [-0.2, 0) is 4.79 Å². The van der Waals surface area contributed by atoms with Gasteiger partial charge in [-0.2, -0.15) is 0 Å². The molecule has 1 aromatic carbocycles. The van der Waals surface area contributed by atoms with E-state index in [1.165, 1.54) is 0 Å². The quantitative estimate of drug-likeness (QED) is 0.632. The summed E-state index contributed by atoms with van der Waals surface area (Å²) in [6.45, 7) is 3.74. The predicted octanol–water partition coefficient (Wildman–Crippen LogP) is 1.15. The van der Waals surface area contributed by atoms with Crippen molar-refractivity contribution in [3.05, 3.63) is 41.5 Å². The van der Waals surface area contributed by atoms with Gasteiger partial charge in [-0.25, -0.2) is 0 Å². The number of hydrogen-bond acceptors (Lipinski definition) is 2. The maximum absolute atomic E-state index is 10.3. The molecule has 0 amide bonds. The molecule has 1 rings (SSSR count). The summed E-state index contributed by atoms with van der Waals surface area (Å²) < 4.78 is 0. The molecule has 0 spiro atoms. The molecule has 0 fully saturated rings. The molecule has 0 aliphatic rings. The molecular weight excluding hydrogens is 164 g/mol. The van der Waals surface area contributed by atoms with Crippen LogP contribution >= 0.6 is 0 Å². The summed E-state index contributed by atoms with van der Waals surface area (Å²) in [6, 6.07) is 7.68. The second-order valence-corrected chi connectivity index (χ2v) is 3.01. The highest BCUT2D eigenvalue weighted by atomic mass is 16.4. The third kappa shape index (κ3) is 2.75. The number of aliphatic carboxylic acids is 1. The van der Waals surface area contributed by atoms with E-state index in [0.29, 0.717) is 5.57 Å². The molecule has 0 radical (unpaired) electrons. The number of allylic oxidation sites excluding steroid dienone is 1. The van der Waals surface area contributed by atoms with Gasteiger partial charge in [-0.05, 0) is 31.1 Å². The predicted molar refractivity (Wildman–Crippen MR) is 49.8 cm³/mol. The molecular formula is C11H11O2-. The molecule has 0 unspecified atom stereocenters. The second kappa shape index (κ2) is 3.90. The fourth-order valence-electron chi connectivity index (χ4n) is 1.08. The van der Waals surface area contributed by atoms with E-state index in [9.17, 15) is 9.90 Å². The topological polar surface area (TPSA) is 40.1 Å². The molecule has 1 aromatic rings. The Bertz CT molecular complexity index is 334. The Morgan fingerprint density at radius 2 is 1.85 bits per heavy atom. The first-order valence-electron chi connectivity index (χ1n) is 4.06. The average Bonchev–Trinajstić information content (AvgIpc) is 2.04. The van der Waals surface area contributed by atoms with Crippen molar-refractivity contribution in [2.75, 3.05) is 0 Å². The van der Waals surface area contributed by atoms with E-state index in [-0.39, 0.29) is 0 Å². The van der Waals surface area contributed by atoms with Crippen molar-refractivity contribution in [2.24, 2.45) is 0 Å². The normalized spacial score (nSPS) is 11.4. The molecule has 2 heteroatoms. The number of carbonyl (C=O) groups is 1. The number of hydrogen-bond donors (Lipinski definition) is 0. The van der Waals surface area contributed by atoms with Gasteiger partial charge in [-0.1, -0.05) is 29.8 Å². The van der Waals surface area contributed by atoms with E-state index >= 15 is 0 Å². The van der Waals surface area contributed by atoms with Gasteiger partial charge in [-0.15, -0.1) is 0 Å². The summed E-state index contributed by atoms with van der Waals surface area (Å²) in [7, 11) is 0. The Kier molecular flexibility index (Phi) is 2.85. The lowest BCUT2D eigenvalue weighted by Crippen LogP contribution is -2.19. The van der Waals surface area contributed by atoms with Crippen LogP contribution in [-0.4, -0.2) is 5.97 Å². The van der Waals surface area contributed by atoms with Gasteiger partial charge in [0.05, 0.1) is 5.97 Å². The SMILES string of the molecule is C/C(=C\C(=O)[O-])c1ccc(C)cc1. The summed E-state index contributed by atoms with van der Waals surface area (Å²) in [5.74, 6) is -1.15.